The first-order valence-corrected chi connectivity index (χ1v) is 10.5. The normalized spacial score (nSPS) is 18.1. The van der Waals surface area contributed by atoms with Crippen molar-refractivity contribution in [2.24, 2.45) is 7.05 Å². The first-order chi connectivity index (χ1) is 14.2. The predicted molar refractivity (Wildman–Crippen MR) is 108 cm³/mol. The van der Waals surface area contributed by atoms with E-state index >= 15 is 0 Å². The molecule has 0 spiro atoms. The third-order valence-electron chi connectivity index (χ3n) is 6.60. The molecular formula is C21H27N7O. The summed E-state index contributed by atoms with van der Waals surface area (Å²) in [6.45, 7) is 0.661. The molecular weight excluding hydrogens is 366 g/mol. The van der Waals surface area contributed by atoms with Crippen LogP contribution < -0.4 is 0 Å². The quantitative estimate of drug-likeness (QED) is 0.716. The number of pyridine rings is 1. The molecule has 3 aromatic heterocycles. The van der Waals surface area contributed by atoms with Gasteiger partial charge in [0.15, 0.2) is 0 Å². The number of hydrogen-bond donors (Lipinski definition) is 1. The molecule has 0 aromatic carbocycles. The summed E-state index contributed by atoms with van der Waals surface area (Å²) in [6.07, 6.45) is 10.8. The van der Waals surface area contributed by atoms with Crippen LogP contribution in [0.2, 0.25) is 0 Å². The molecule has 0 aliphatic heterocycles. The molecule has 152 valence electrons. The maximum absolute atomic E-state index is 5.73. The van der Waals surface area contributed by atoms with Gasteiger partial charge in [-0.2, -0.15) is 10.3 Å². The second-order valence-corrected chi connectivity index (χ2v) is 8.34. The van der Waals surface area contributed by atoms with Crippen molar-refractivity contribution in [2.75, 3.05) is 13.7 Å². The lowest BCUT2D eigenvalue weighted by atomic mass is 9.77. The Morgan fingerprint density at radius 1 is 1.14 bits per heavy atom. The summed E-state index contributed by atoms with van der Waals surface area (Å²) in [6, 6.07) is 2.08. The molecule has 0 saturated heterocycles. The minimum atomic E-state index is -0.107. The maximum atomic E-state index is 5.73. The number of aryl methyl sites for hydroxylation is 2. The predicted octanol–water partition coefficient (Wildman–Crippen LogP) is 3.00. The summed E-state index contributed by atoms with van der Waals surface area (Å²) < 4.78 is 7.67. The molecule has 0 radical (unpaired) electrons. The van der Waals surface area contributed by atoms with Crippen LogP contribution in [0, 0.1) is 0 Å². The fourth-order valence-electron chi connectivity index (χ4n) is 5.29. The van der Waals surface area contributed by atoms with Gasteiger partial charge < -0.3 is 4.74 Å². The van der Waals surface area contributed by atoms with E-state index in [0.29, 0.717) is 12.4 Å². The number of tetrazole rings is 1. The van der Waals surface area contributed by atoms with Gasteiger partial charge in [-0.15, -0.1) is 10.2 Å². The molecule has 1 N–H and O–H groups in total. The van der Waals surface area contributed by atoms with Crippen molar-refractivity contribution < 1.29 is 4.74 Å². The number of fused-ring (bicyclic) bond motifs is 1. The average Bonchev–Trinajstić information content (AvgIpc) is 3.49. The second kappa shape index (κ2) is 7.33. The number of nitrogens with one attached hydrogen (secondary N) is 1. The first-order valence-electron chi connectivity index (χ1n) is 10.5. The average molecular weight is 393 g/mol. The van der Waals surface area contributed by atoms with Gasteiger partial charge in [-0.25, -0.2) is 0 Å². The fraction of sp³-hybridized carbons (Fsp3) is 0.571. The third kappa shape index (κ3) is 2.97. The molecule has 0 amide bonds. The third-order valence-corrected chi connectivity index (χ3v) is 6.60. The van der Waals surface area contributed by atoms with Gasteiger partial charge in [-0.3, -0.25) is 9.67 Å². The Kier molecular flexibility index (Phi) is 4.66. The highest BCUT2D eigenvalue weighted by Gasteiger charge is 2.42. The van der Waals surface area contributed by atoms with E-state index in [2.05, 4.69) is 31.8 Å². The van der Waals surface area contributed by atoms with E-state index in [1.807, 2.05) is 17.9 Å². The minimum Gasteiger partial charge on any atom is -0.384 e. The number of aromatic amines is 1. The van der Waals surface area contributed by atoms with Crippen LogP contribution in [0.3, 0.4) is 0 Å². The second-order valence-electron chi connectivity index (χ2n) is 8.34. The lowest BCUT2D eigenvalue weighted by Gasteiger charge is -2.32. The van der Waals surface area contributed by atoms with Gasteiger partial charge in [0.25, 0.3) is 0 Å². The van der Waals surface area contributed by atoms with E-state index in [0.717, 1.165) is 42.6 Å². The summed E-state index contributed by atoms with van der Waals surface area (Å²) in [5.41, 5.74) is 6.76. The van der Waals surface area contributed by atoms with Gasteiger partial charge in [-0.1, -0.05) is 12.8 Å². The summed E-state index contributed by atoms with van der Waals surface area (Å²) in [5.74, 6) is 0.611. The number of methoxy groups -OCH3 is 1. The molecule has 0 bridgehead atoms. The SMILES string of the molecule is COCC1(c2nc3c(c(-c4ccnn4C)c2-c2nn[nH]n2)CCCC3)CCCC1. The van der Waals surface area contributed by atoms with Crippen molar-refractivity contribution in [1.29, 1.82) is 0 Å². The summed E-state index contributed by atoms with van der Waals surface area (Å²) in [7, 11) is 3.78. The first kappa shape index (κ1) is 18.4. The Morgan fingerprint density at radius 2 is 1.97 bits per heavy atom. The van der Waals surface area contributed by atoms with Gasteiger partial charge in [0.05, 0.1) is 23.6 Å². The topological polar surface area (TPSA) is 94.4 Å². The molecule has 2 aliphatic rings. The number of aromatic nitrogens is 7. The van der Waals surface area contributed by atoms with Gasteiger partial charge in [0.1, 0.15) is 0 Å². The van der Waals surface area contributed by atoms with Crippen LogP contribution in [-0.4, -0.2) is 49.1 Å². The monoisotopic (exact) mass is 393 g/mol. The summed E-state index contributed by atoms with van der Waals surface area (Å²) in [5, 5.41) is 19.8. The van der Waals surface area contributed by atoms with Crippen LogP contribution in [0.15, 0.2) is 12.3 Å². The maximum Gasteiger partial charge on any atom is 0.207 e. The standard InChI is InChI=1S/C21H27N7O/c1-28-16(9-12-22-28)17-14-7-3-4-8-15(14)23-19(18(17)20-24-26-27-25-20)21(13-29-2)10-5-6-11-21/h9,12H,3-8,10-11,13H2,1-2H3,(H,24,25,26,27). The summed E-state index contributed by atoms with van der Waals surface area (Å²) in [4.78, 5) is 5.31. The van der Waals surface area contributed by atoms with Gasteiger partial charge in [0, 0.05) is 37.0 Å². The number of H-pyrrole nitrogens is 1. The molecule has 2 aliphatic carbocycles. The molecule has 3 aromatic rings. The smallest absolute Gasteiger partial charge is 0.207 e. The number of ether oxygens (including phenoxy) is 1. The Labute approximate surface area is 170 Å². The van der Waals surface area contributed by atoms with E-state index in [9.17, 15) is 0 Å². The van der Waals surface area contributed by atoms with Crippen molar-refractivity contribution in [3.8, 4) is 22.6 Å². The highest BCUT2D eigenvalue weighted by atomic mass is 16.5. The largest absolute Gasteiger partial charge is 0.384 e. The van der Waals surface area contributed by atoms with E-state index in [-0.39, 0.29) is 5.41 Å². The zero-order chi connectivity index (χ0) is 19.8. The highest BCUT2D eigenvalue weighted by molar-refractivity contribution is 5.84. The Hall–Kier alpha value is -2.61. The van der Waals surface area contributed by atoms with Crippen LogP contribution in [-0.2, 0) is 30.0 Å². The lowest BCUT2D eigenvalue weighted by molar-refractivity contribution is 0.129. The molecule has 5 rings (SSSR count). The van der Waals surface area contributed by atoms with E-state index in [4.69, 9.17) is 9.72 Å². The lowest BCUT2D eigenvalue weighted by Crippen LogP contribution is -2.31. The Bertz CT molecular complexity index is 1000. The Balaban J connectivity index is 1.87. The van der Waals surface area contributed by atoms with Gasteiger partial charge in [-0.05, 0) is 55.4 Å². The fourth-order valence-corrected chi connectivity index (χ4v) is 5.29. The molecule has 0 atom stereocenters. The van der Waals surface area contributed by atoms with E-state index in [1.165, 1.54) is 42.5 Å². The minimum absolute atomic E-state index is 0.107. The number of hydrogen-bond acceptors (Lipinski definition) is 6. The van der Waals surface area contributed by atoms with Crippen molar-refractivity contribution in [2.45, 2.75) is 56.8 Å². The van der Waals surface area contributed by atoms with Crippen LogP contribution in [0.4, 0.5) is 0 Å². The van der Waals surface area contributed by atoms with Crippen LogP contribution in [0.25, 0.3) is 22.6 Å². The zero-order valence-corrected chi connectivity index (χ0v) is 17.1. The van der Waals surface area contributed by atoms with Crippen LogP contribution in [0.5, 0.6) is 0 Å². The van der Waals surface area contributed by atoms with Gasteiger partial charge in [0.2, 0.25) is 5.82 Å². The Morgan fingerprint density at radius 3 is 2.66 bits per heavy atom. The van der Waals surface area contributed by atoms with Crippen molar-refractivity contribution in [1.82, 2.24) is 35.4 Å². The molecule has 1 fully saturated rings. The molecule has 8 nitrogen and oxygen atoms in total. The van der Waals surface area contributed by atoms with E-state index in [1.54, 1.807) is 7.11 Å². The van der Waals surface area contributed by atoms with Crippen molar-refractivity contribution >= 4 is 0 Å². The zero-order valence-electron chi connectivity index (χ0n) is 17.1. The summed E-state index contributed by atoms with van der Waals surface area (Å²) >= 11 is 0. The van der Waals surface area contributed by atoms with Crippen molar-refractivity contribution in [3.05, 3.63) is 29.2 Å². The van der Waals surface area contributed by atoms with Crippen LogP contribution >= 0.6 is 0 Å². The van der Waals surface area contributed by atoms with Crippen LogP contribution in [0.1, 0.15) is 55.5 Å². The highest BCUT2D eigenvalue weighted by Crippen LogP contribution is 2.48. The number of nitrogens with zero attached hydrogens (tertiary/aromatic N) is 6. The van der Waals surface area contributed by atoms with Gasteiger partial charge >= 0.3 is 0 Å². The van der Waals surface area contributed by atoms with E-state index < -0.39 is 0 Å². The molecule has 3 heterocycles. The van der Waals surface area contributed by atoms with Crippen molar-refractivity contribution in [3.63, 3.8) is 0 Å². The molecule has 8 heteroatoms. The molecule has 29 heavy (non-hydrogen) atoms. The number of rotatable bonds is 5. The molecule has 0 unspecified atom stereocenters. The molecule has 1 saturated carbocycles.